The second-order valence-corrected chi connectivity index (χ2v) is 4.64. The van der Waals surface area contributed by atoms with Gasteiger partial charge in [-0.15, -0.1) is 0 Å². The summed E-state index contributed by atoms with van der Waals surface area (Å²) < 4.78 is 0. The first-order valence-electron chi connectivity index (χ1n) is 5.83. The Labute approximate surface area is 111 Å². The first-order valence-corrected chi connectivity index (χ1v) is 6.21. The number of carbonyl (C=O) groups excluding carboxylic acids is 1. The number of rotatable bonds is 4. The average molecular weight is 263 g/mol. The molecule has 2 rings (SSSR count). The van der Waals surface area contributed by atoms with E-state index in [9.17, 15) is 4.79 Å². The van der Waals surface area contributed by atoms with Crippen LogP contribution >= 0.6 is 11.6 Å². The van der Waals surface area contributed by atoms with E-state index < -0.39 is 0 Å². The summed E-state index contributed by atoms with van der Waals surface area (Å²) in [7, 11) is 0. The van der Waals surface area contributed by atoms with E-state index in [0.29, 0.717) is 17.9 Å². The maximum Gasteiger partial charge on any atom is 0.224 e. The number of aryl methyl sites for hydroxylation is 2. The molecule has 0 unspecified atom stereocenters. The number of H-pyrrole nitrogens is 1. The van der Waals surface area contributed by atoms with Gasteiger partial charge in [0.1, 0.15) is 0 Å². The smallest absolute Gasteiger partial charge is 0.224 e. The number of aromatic amines is 1. The largest absolute Gasteiger partial charge is 0.365 e. The fourth-order valence-corrected chi connectivity index (χ4v) is 1.88. The SMILES string of the molecule is Cc1ccc(Cl)cc1NC(=O)CCc1ccc[nH]1. The highest BCUT2D eigenvalue weighted by Gasteiger charge is 2.06. The number of carbonyl (C=O) groups is 1. The molecule has 2 N–H and O–H groups in total. The number of halogens is 1. The highest BCUT2D eigenvalue weighted by Crippen LogP contribution is 2.20. The Kier molecular flexibility index (Phi) is 4.05. The van der Waals surface area contributed by atoms with Gasteiger partial charge in [-0.05, 0) is 43.2 Å². The maximum atomic E-state index is 11.8. The summed E-state index contributed by atoms with van der Waals surface area (Å²) in [5, 5.41) is 3.50. The molecule has 1 aromatic heterocycles. The fraction of sp³-hybridized carbons (Fsp3) is 0.214. The molecule has 1 amide bonds. The molecular formula is C14H15ClN2O. The van der Waals surface area contributed by atoms with Crippen molar-refractivity contribution in [3.05, 3.63) is 52.8 Å². The van der Waals surface area contributed by atoms with Crippen LogP contribution in [0.1, 0.15) is 17.7 Å². The number of amides is 1. The van der Waals surface area contributed by atoms with E-state index in [1.807, 2.05) is 37.4 Å². The standard InChI is InChI=1S/C14H15ClN2O/c1-10-4-5-11(15)9-13(10)17-14(18)7-6-12-3-2-8-16-12/h2-5,8-9,16H,6-7H2,1H3,(H,17,18). The van der Waals surface area contributed by atoms with Crippen LogP contribution in [-0.2, 0) is 11.2 Å². The van der Waals surface area contributed by atoms with Crippen LogP contribution in [0.3, 0.4) is 0 Å². The van der Waals surface area contributed by atoms with Gasteiger partial charge in [0.15, 0.2) is 0 Å². The monoisotopic (exact) mass is 262 g/mol. The Bertz CT molecular complexity index is 535. The van der Waals surface area contributed by atoms with Crippen LogP contribution in [0, 0.1) is 6.92 Å². The molecule has 0 saturated carbocycles. The Morgan fingerprint density at radius 2 is 2.22 bits per heavy atom. The highest BCUT2D eigenvalue weighted by molar-refractivity contribution is 6.31. The van der Waals surface area contributed by atoms with Gasteiger partial charge in [-0.25, -0.2) is 0 Å². The van der Waals surface area contributed by atoms with E-state index in [0.717, 1.165) is 16.9 Å². The van der Waals surface area contributed by atoms with Crippen molar-refractivity contribution in [3.63, 3.8) is 0 Å². The van der Waals surface area contributed by atoms with Gasteiger partial charge in [-0.3, -0.25) is 4.79 Å². The van der Waals surface area contributed by atoms with Crippen LogP contribution < -0.4 is 5.32 Å². The van der Waals surface area contributed by atoms with Gasteiger partial charge in [0.25, 0.3) is 0 Å². The van der Waals surface area contributed by atoms with Crippen LogP contribution in [-0.4, -0.2) is 10.9 Å². The molecule has 0 aliphatic rings. The average Bonchev–Trinajstić information content (AvgIpc) is 2.84. The van der Waals surface area contributed by atoms with E-state index in [2.05, 4.69) is 10.3 Å². The quantitative estimate of drug-likeness (QED) is 0.870. The lowest BCUT2D eigenvalue weighted by atomic mass is 10.2. The van der Waals surface area contributed by atoms with Crippen LogP contribution in [0.15, 0.2) is 36.5 Å². The number of benzene rings is 1. The third kappa shape index (κ3) is 3.37. The van der Waals surface area contributed by atoms with Crippen LogP contribution in [0.4, 0.5) is 5.69 Å². The van der Waals surface area contributed by atoms with E-state index in [4.69, 9.17) is 11.6 Å². The topological polar surface area (TPSA) is 44.9 Å². The highest BCUT2D eigenvalue weighted by atomic mass is 35.5. The summed E-state index contributed by atoms with van der Waals surface area (Å²) in [4.78, 5) is 14.9. The molecule has 18 heavy (non-hydrogen) atoms. The van der Waals surface area contributed by atoms with Crippen molar-refractivity contribution in [1.82, 2.24) is 4.98 Å². The van der Waals surface area contributed by atoms with Crippen molar-refractivity contribution in [3.8, 4) is 0 Å². The number of aromatic nitrogens is 1. The summed E-state index contributed by atoms with van der Waals surface area (Å²) in [6.07, 6.45) is 3.01. The number of hydrogen-bond donors (Lipinski definition) is 2. The zero-order chi connectivity index (χ0) is 13.0. The first-order chi connectivity index (χ1) is 8.65. The van der Waals surface area contributed by atoms with E-state index in [1.165, 1.54) is 0 Å². The second kappa shape index (κ2) is 5.74. The van der Waals surface area contributed by atoms with E-state index in [-0.39, 0.29) is 5.91 Å². The van der Waals surface area contributed by atoms with E-state index >= 15 is 0 Å². The summed E-state index contributed by atoms with van der Waals surface area (Å²) >= 11 is 5.90. The minimum Gasteiger partial charge on any atom is -0.365 e. The third-order valence-electron chi connectivity index (χ3n) is 2.76. The number of nitrogens with one attached hydrogen (secondary N) is 2. The predicted octanol–water partition coefficient (Wildman–Crippen LogP) is 3.55. The molecular weight excluding hydrogens is 248 g/mol. The Morgan fingerprint density at radius 1 is 1.39 bits per heavy atom. The van der Waals surface area contributed by atoms with Gasteiger partial charge in [0, 0.05) is 29.0 Å². The van der Waals surface area contributed by atoms with Crippen LogP contribution in [0.25, 0.3) is 0 Å². The molecule has 0 bridgehead atoms. The van der Waals surface area contributed by atoms with Gasteiger partial charge < -0.3 is 10.3 Å². The minimum absolute atomic E-state index is 0.00466. The lowest BCUT2D eigenvalue weighted by molar-refractivity contribution is -0.116. The lowest BCUT2D eigenvalue weighted by Crippen LogP contribution is -2.13. The van der Waals surface area contributed by atoms with Crippen molar-refractivity contribution >= 4 is 23.2 Å². The molecule has 0 atom stereocenters. The maximum absolute atomic E-state index is 11.8. The number of anilines is 1. The Morgan fingerprint density at radius 3 is 2.94 bits per heavy atom. The summed E-state index contributed by atoms with van der Waals surface area (Å²) in [6.45, 7) is 1.94. The summed E-state index contributed by atoms with van der Waals surface area (Å²) in [5.41, 5.74) is 2.85. The first kappa shape index (κ1) is 12.7. The van der Waals surface area contributed by atoms with Crippen molar-refractivity contribution in [2.45, 2.75) is 19.8 Å². The molecule has 0 fully saturated rings. The van der Waals surface area contributed by atoms with Crippen molar-refractivity contribution in [1.29, 1.82) is 0 Å². The van der Waals surface area contributed by atoms with Crippen LogP contribution in [0.5, 0.6) is 0 Å². The molecule has 94 valence electrons. The summed E-state index contributed by atoms with van der Waals surface area (Å²) in [6, 6.07) is 9.37. The molecule has 2 aromatic rings. The second-order valence-electron chi connectivity index (χ2n) is 4.20. The van der Waals surface area contributed by atoms with Gasteiger partial charge in [-0.2, -0.15) is 0 Å². The normalized spacial score (nSPS) is 10.3. The zero-order valence-electron chi connectivity index (χ0n) is 10.2. The molecule has 1 heterocycles. The third-order valence-corrected chi connectivity index (χ3v) is 2.99. The molecule has 0 aliphatic carbocycles. The molecule has 1 aromatic carbocycles. The van der Waals surface area contributed by atoms with Crippen molar-refractivity contribution < 1.29 is 4.79 Å². The minimum atomic E-state index is -0.00466. The Balaban J connectivity index is 1.92. The van der Waals surface area contributed by atoms with Gasteiger partial charge >= 0.3 is 0 Å². The molecule has 3 nitrogen and oxygen atoms in total. The molecule has 4 heteroatoms. The van der Waals surface area contributed by atoms with Crippen molar-refractivity contribution in [2.24, 2.45) is 0 Å². The molecule has 0 spiro atoms. The zero-order valence-corrected chi connectivity index (χ0v) is 10.9. The lowest BCUT2D eigenvalue weighted by Gasteiger charge is -2.08. The molecule has 0 saturated heterocycles. The molecule has 0 aliphatic heterocycles. The Hall–Kier alpha value is -1.74. The predicted molar refractivity (Wildman–Crippen MR) is 73.9 cm³/mol. The fourth-order valence-electron chi connectivity index (χ4n) is 1.71. The van der Waals surface area contributed by atoms with Gasteiger partial charge in [0.2, 0.25) is 5.91 Å². The van der Waals surface area contributed by atoms with Crippen molar-refractivity contribution in [2.75, 3.05) is 5.32 Å². The number of hydrogen-bond acceptors (Lipinski definition) is 1. The van der Waals surface area contributed by atoms with Crippen LogP contribution in [0.2, 0.25) is 5.02 Å². The molecule has 0 radical (unpaired) electrons. The van der Waals surface area contributed by atoms with E-state index in [1.54, 1.807) is 6.07 Å². The van der Waals surface area contributed by atoms with Gasteiger partial charge in [-0.1, -0.05) is 17.7 Å². The summed E-state index contributed by atoms with van der Waals surface area (Å²) in [5.74, 6) is -0.00466. The van der Waals surface area contributed by atoms with Gasteiger partial charge in [0.05, 0.1) is 0 Å².